The minimum Gasteiger partial charge on any atom is -0.0622 e. The third-order valence-corrected chi connectivity index (χ3v) is 2.48. The summed E-state index contributed by atoms with van der Waals surface area (Å²) in [5.74, 6) is 3.56. The number of rotatable bonds is 1. The molecule has 0 heteroatoms. The van der Waals surface area contributed by atoms with Crippen LogP contribution in [0.25, 0.3) is 0 Å². The van der Waals surface area contributed by atoms with Crippen LogP contribution in [0.4, 0.5) is 0 Å². The van der Waals surface area contributed by atoms with E-state index >= 15 is 0 Å². The normalized spacial score (nSPS) is 30.0. The van der Waals surface area contributed by atoms with E-state index in [0.717, 1.165) is 11.8 Å². The van der Waals surface area contributed by atoms with Gasteiger partial charge in [0.15, 0.2) is 0 Å². The Kier molecular flexibility index (Phi) is 2.15. The Labute approximate surface area is 58.7 Å². The first kappa shape index (κ1) is 7.11. The van der Waals surface area contributed by atoms with Gasteiger partial charge in [-0.05, 0) is 24.2 Å². The average Bonchev–Trinajstić information content (AvgIpc) is 2.13. The van der Waals surface area contributed by atoms with Crippen LogP contribution in [0.15, 0.2) is 0 Å². The zero-order chi connectivity index (χ0) is 6.85. The summed E-state index contributed by atoms with van der Waals surface area (Å²) in [4.78, 5) is 0. The SMILES string of the molecule is CC(C)[C]1CCCC1C. The summed E-state index contributed by atoms with van der Waals surface area (Å²) in [5.41, 5.74) is 0. The highest BCUT2D eigenvalue weighted by atomic mass is 14.3. The van der Waals surface area contributed by atoms with Crippen molar-refractivity contribution in [2.45, 2.75) is 40.0 Å². The fraction of sp³-hybridized carbons (Fsp3) is 0.889. The highest BCUT2D eigenvalue weighted by Gasteiger charge is 2.25. The van der Waals surface area contributed by atoms with Crippen LogP contribution < -0.4 is 0 Å². The molecule has 1 aliphatic rings. The van der Waals surface area contributed by atoms with Crippen molar-refractivity contribution in [3.8, 4) is 0 Å². The van der Waals surface area contributed by atoms with Crippen LogP contribution in [0.5, 0.6) is 0 Å². The Balaban J connectivity index is 2.40. The smallest absolute Gasteiger partial charge is 0.0187 e. The molecule has 9 heavy (non-hydrogen) atoms. The van der Waals surface area contributed by atoms with Crippen LogP contribution in [0.2, 0.25) is 0 Å². The Bertz CT molecular complexity index is 84.0. The fourth-order valence-corrected chi connectivity index (χ4v) is 1.90. The summed E-state index contributed by atoms with van der Waals surface area (Å²) in [6, 6.07) is 0. The predicted molar refractivity (Wildman–Crippen MR) is 41.1 cm³/mol. The molecule has 1 rings (SSSR count). The van der Waals surface area contributed by atoms with E-state index < -0.39 is 0 Å². The summed E-state index contributed by atoms with van der Waals surface area (Å²) < 4.78 is 0. The van der Waals surface area contributed by atoms with E-state index in [4.69, 9.17) is 0 Å². The molecule has 0 spiro atoms. The van der Waals surface area contributed by atoms with Gasteiger partial charge in [-0.25, -0.2) is 0 Å². The summed E-state index contributed by atoms with van der Waals surface area (Å²) in [6.07, 6.45) is 4.28. The van der Waals surface area contributed by atoms with Gasteiger partial charge in [0.05, 0.1) is 0 Å². The van der Waals surface area contributed by atoms with Crippen LogP contribution in [0, 0.1) is 17.8 Å². The van der Waals surface area contributed by atoms with Gasteiger partial charge in [0.25, 0.3) is 0 Å². The number of hydrogen-bond acceptors (Lipinski definition) is 0. The lowest BCUT2D eigenvalue weighted by atomic mass is 9.87. The molecule has 1 aliphatic carbocycles. The highest BCUT2D eigenvalue weighted by Crippen LogP contribution is 2.37. The van der Waals surface area contributed by atoms with Crippen molar-refractivity contribution in [3.63, 3.8) is 0 Å². The molecule has 53 valence electrons. The van der Waals surface area contributed by atoms with E-state index in [1.807, 2.05) is 0 Å². The molecule has 0 aliphatic heterocycles. The van der Waals surface area contributed by atoms with Gasteiger partial charge in [0, 0.05) is 0 Å². The summed E-state index contributed by atoms with van der Waals surface area (Å²) in [6.45, 7) is 7.00. The number of hydrogen-bond donors (Lipinski definition) is 0. The van der Waals surface area contributed by atoms with Crippen LogP contribution in [-0.4, -0.2) is 0 Å². The first-order chi connectivity index (χ1) is 4.22. The van der Waals surface area contributed by atoms with Crippen molar-refractivity contribution < 1.29 is 0 Å². The second-order valence-corrected chi connectivity index (χ2v) is 3.52. The van der Waals surface area contributed by atoms with Gasteiger partial charge in [0.2, 0.25) is 0 Å². The third kappa shape index (κ3) is 1.47. The molecule has 1 fully saturated rings. The van der Waals surface area contributed by atoms with E-state index in [-0.39, 0.29) is 0 Å². The molecule has 0 aromatic carbocycles. The fourth-order valence-electron chi connectivity index (χ4n) is 1.90. The molecule has 1 atom stereocenters. The molecule has 0 aromatic heterocycles. The maximum Gasteiger partial charge on any atom is -0.0187 e. The van der Waals surface area contributed by atoms with Crippen molar-refractivity contribution in [2.24, 2.45) is 11.8 Å². The van der Waals surface area contributed by atoms with Gasteiger partial charge in [-0.2, -0.15) is 0 Å². The Morgan fingerprint density at radius 3 is 2.33 bits per heavy atom. The van der Waals surface area contributed by atoms with Gasteiger partial charge in [-0.15, -0.1) is 0 Å². The van der Waals surface area contributed by atoms with Crippen LogP contribution in [-0.2, 0) is 0 Å². The van der Waals surface area contributed by atoms with E-state index in [2.05, 4.69) is 20.8 Å². The highest BCUT2D eigenvalue weighted by molar-refractivity contribution is 5.01. The van der Waals surface area contributed by atoms with Gasteiger partial charge in [0.1, 0.15) is 0 Å². The quantitative estimate of drug-likeness (QED) is 0.505. The summed E-state index contributed by atoms with van der Waals surface area (Å²) in [5, 5.41) is 0. The standard InChI is InChI=1S/C9H17/c1-7(2)9-6-4-5-8(9)3/h7-8H,4-6H2,1-3H3. The first-order valence-electron chi connectivity index (χ1n) is 4.07. The molecule has 0 aromatic rings. The Hall–Kier alpha value is 0. The molecule has 1 saturated carbocycles. The van der Waals surface area contributed by atoms with Gasteiger partial charge >= 0.3 is 0 Å². The van der Waals surface area contributed by atoms with Crippen molar-refractivity contribution in [1.29, 1.82) is 0 Å². The molecule has 0 nitrogen and oxygen atoms in total. The molecule has 0 heterocycles. The summed E-state index contributed by atoms with van der Waals surface area (Å²) >= 11 is 0. The Morgan fingerprint density at radius 2 is 2.11 bits per heavy atom. The second kappa shape index (κ2) is 2.72. The van der Waals surface area contributed by atoms with Gasteiger partial charge in [-0.1, -0.05) is 33.6 Å². The van der Waals surface area contributed by atoms with Crippen molar-refractivity contribution in [1.82, 2.24) is 0 Å². The molecule has 1 unspecified atom stereocenters. The zero-order valence-electron chi connectivity index (χ0n) is 6.78. The lowest BCUT2D eigenvalue weighted by Crippen LogP contribution is -2.07. The maximum absolute atomic E-state index is 2.36. The molecule has 0 bridgehead atoms. The van der Waals surface area contributed by atoms with Crippen LogP contribution >= 0.6 is 0 Å². The minimum atomic E-state index is 0.836. The lowest BCUT2D eigenvalue weighted by Gasteiger charge is -2.17. The van der Waals surface area contributed by atoms with Crippen molar-refractivity contribution in [2.75, 3.05) is 0 Å². The molecular formula is C9H17. The molecular weight excluding hydrogens is 108 g/mol. The molecule has 0 amide bonds. The van der Waals surface area contributed by atoms with Crippen molar-refractivity contribution >= 4 is 0 Å². The van der Waals surface area contributed by atoms with Gasteiger partial charge in [-0.3, -0.25) is 0 Å². The first-order valence-corrected chi connectivity index (χ1v) is 4.07. The van der Waals surface area contributed by atoms with Crippen LogP contribution in [0.1, 0.15) is 40.0 Å². The molecule has 1 radical (unpaired) electrons. The topological polar surface area (TPSA) is 0 Å². The van der Waals surface area contributed by atoms with E-state index in [1.54, 1.807) is 5.92 Å². The third-order valence-electron chi connectivity index (χ3n) is 2.48. The average molecular weight is 125 g/mol. The zero-order valence-corrected chi connectivity index (χ0v) is 6.78. The lowest BCUT2D eigenvalue weighted by molar-refractivity contribution is 0.522. The van der Waals surface area contributed by atoms with Crippen molar-refractivity contribution in [3.05, 3.63) is 5.92 Å². The molecule has 0 N–H and O–H groups in total. The summed E-state index contributed by atoms with van der Waals surface area (Å²) in [7, 11) is 0. The largest absolute Gasteiger partial charge is 0.0622 e. The molecule has 0 saturated heterocycles. The van der Waals surface area contributed by atoms with E-state index in [1.165, 1.54) is 19.3 Å². The van der Waals surface area contributed by atoms with E-state index in [9.17, 15) is 0 Å². The minimum absolute atomic E-state index is 0.836. The second-order valence-electron chi connectivity index (χ2n) is 3.52. The van der Waals surface area contributed by atoms with Crippen LogP contribution in [0.3, 0.4) is 0 Å². The Morgan fingerprint density at radius 1 is 1.44 bits per heavy atom. The monoisotopic (exact) mass is 125 g/mol. The predicted octanol–water partition coefficient (Wildman–Crippen LogP) is 3.04. The maximum atomic E-state index is 2.36. The van der Waals surface area contributed by atoms with E-state index in [0.29, 0.717) is 0 Å². The van der Waals surface area contributed by atoms with Gasteiger partial charge < -0.3 is 0 Å².